The van der Waals surface area contributed by atoms with Crippen LogP contribution in [0.3, 0.4) is 0 Å². The summed E-state index contributed by atoms with van der Waals surface area (Å²) in [5.74, 6) is -1.53. The molecule has 0 unspecified atom stereocenters. The number of amides is 2. The van der Waals surface area contributed by atoms with E-state index in [-0.39, 0.29) is 6.04 Å². The lowest BCUT2D eigenvalue weighted by Gasteiger charge is -2.09. The molecule has 1 atom stereocenters. The van der Waals surface area contributed by atoms with Crippen molar-refractivity contribution in [2.45, 2.75) is 26.3 Å². The zero-order valence-corrected chi connectivity index (χ0v) is 12.6. The second-order valence-corrected chi connectivity index (χ2v) is 4.97. The summed E-state index contributed by atoms with van der Waals surface area (Å²) < 4.78 is 0. The van der Waals surface area contributed by atoms with Crippen molar-refractivity contribution in [2.75, 3.05) is 0 Å². The molecule has 2 N–H and O–H groups in total. The monoisotopic (exact) mass is 315 g/mol. The van der Waals surface area contributed by atoms with Crippen LogP contribution in [-0.4, -0.2) is 24.1 Å². The third-order valence-corrected chi connectivity index (χ3v) is 3.26. The summed E-state index contributed by atoms with van der Waals surface area (Å²) in [4.78, 5) is 22.8. The number of benzene rings is 1. The number of nitrogens with zero attached hydrogens (tertiary/aromatic N) is 1. The van der Waals surface area contributed by atoms with E-state index in [1.807, 2.05) is 13.8 Å². The molecule has 0 aliphatic heterocycles. The van der Waals surface area contributed by atoms with Crippen LogP contribution in [0.4, 0.5) is 0 Å². The van der Waals surface area contributed by atoms with Gasteiger partial charge in [0.15, 0.2) is 0 Å². The van der Waals surface area contributed by atoms with E-state index in [1.165, 1.54) is 6.21 Å². The van der Waals surface area contributed by atoms with Crippen molar-refractivity contribution in [3.63, 3.8) is 0 Å². The average molecular weight is 316 g/mol. The van der Waals surface area contributed by atoms with Crippen molar-refractivity contribution in [1.82, 2.24) is 10.7 Å². The molecule has 5 nitrogen and oxygen atoms in total. The van der Waals surface area contributed by atoms with Gasteiger partial charge in [0, 0.05) is 6.04 Å². The Morgan fingerprint density at radius 2 is 2.00 bits per heavy atom. The quantitative estimate of drug-likeness (QED) is 0.508. The van der Waals surface area contributed by atoms with Crippen LogP contribution in [0.2, 0.25) is 10.0 Å². The molecule has 0 fully saturated rings. The highest BCUT2D eigenvalue weighted by Gasteiger charge is 2.14. The predicted molar refractivity (Wildman–Crippen MR) is 80.1 cm³/mol. The lowest BCUT2D eigenvalue weighted by molar-refractivity contribution is -0.139. The normalized spacial score (nSPS) is 12.2. The van der Waals surface area contributed by atoms with Crippen molar-refractivity contribution < 1.29 is 9.59 Å². The lowest BCUT2D eigenvalue weighted by atomic mass is 10.2. The molecule has 2 amide bonds. The van der Waals surface area contributed by atoms with Gasteiger partial charge in [-0.15, -0.1) is 0 Å². The third-order valence-electron chi connectivity index (χ3n) is 2.52. The van der Waals surface area contributed by atoms with E-state index < -0.39 is 11.8 Å². The average Bonchev–Trinajstić information content (AvgIpc) is 2.42. The number of rotatable bonds is 4. The maximum Gasteiger partial charge on any atom is 0.329 e. The van der Waals surface area contributed by atoms with E-state index in [4.69, 9.17) is 23.2 Å². The molecule has 0 aliphatic rings. The molecule has 0 spiro atoms. The Morgan fingerprint density at radius 3 is 2.60 bits per heavy atom. The molecule has 1 aromatic rings. The zero-order chi connectivity index (χ0) is 15.1. The first-order valence-electron chi connectivity index (χ1n) is 6.03. The first kappa shape index (κ1) is 16.5. The topological polar surface area (TPSA) is 70.6 Å². The Morgan fingerprint density at radius 1 is 1.30 bits per heavy atom. The van der Waals surface area contributed by atoms with E-state index in [9.17, 15) is 9.59 Å². The summed E-state index contributed by atoms with van der Waals surface area (Å²) in [5, 5.41) is 7.03. The SMILES string of the molecule is CC[C@H](C)NC(=O)C(=O)N/N=C\c1ccc(Cl)c(Cl)c1. The molecular weight excluding hydrogens is 301 g/mol. The largest absolute Gasteiger partial charge is 0.345 e. The van der Waals surface area contributed by atoms with Gasteiger partial charge < -0.3 is 5.32 Å². The van der Waals surface area contributed by atoms with Crippen LogP contribution in [0, 0.1) is 0 Å². The number of hydrogen-bond donors (Lipinski definition) is 2. The van der Waals surface area contributed by atoms with Gasteiger partial charge in [0.05, 0.1) is 16.3 Å². The minimum atomic E-state index is -0.818. The highest BCUT2D eigenvalue weighted by molar-refractivity contribution is 6.42. The van der Waals surface area contributed by atoms with Gasteiger partial charge in [-0.1, -0.05) is 36.2 Å². The van der Waals surface area contributed by atoms with Crippen LogP contribution in [0.5, 0.6) is 0 Å². The highest BCUT2D eigenvalue weighted by atomic mass is 35.5. The smallest absolute Gasteiger partial charge is 0.329 e. The molecule has 0 radical (unpaired) electrons. The Hall–Kier alpha value is -1.59. The van der Waals surface area contributed by atoms with Gasteiger partial charge in [0.1, 0.15) is 0 Å². The van der Waals surface area contributed by atoms with Crippen LogP contribution in [0.1, 0.15) is 25.8 Å². The lowest BCUT2D eigenvalue weighted by Crippen LogP contribution is -2.41. The highest BCUT2D eigenvalue weighted by Crippen LogP contribution is 2.21. The molecule has 0 heterocycles. The van der Waals surface area contributed by atoms with Crippen LogP contribution in [0.15, 0.2) is 23.3 Å². The zero-order valence-electron chi connectivity index (χ0n) is 11.1. The van der Waals surface area contributed by atoms with Crippen LogP contribution in [0.25, 0.3) is 0 Å². The maximum atomic E-state index is 11.4. The molecule has 0 aliphatic carbocycles. The molecular formula is C13H15Cl2N3O2. The van der Waals surface area contributed by atoms with E-state index in [1.54, 1.807) is 18.2 Å². The van der Waals surface area contributed by atoms with E-state index in [0.717, 1.165) is 6.42 Å². The maximum absolute atomic E-state index is 11.4. The predicted octanol–water partition coefficient (Wildman–Crippen LogP) is 2.36. The van der Waals surface area contributed by atoms with E-state index in [0.29, 0.717) is 15.6 Å². The molecule has 20 heavy (non-hydrogen) atoms. The van der Waals surface area contributed by atoms with Gasteiger partial charge in [-0.25, -0.2) is 5.43 Å². The molecule has 0 bridgehead atoms. The first-order chi connectivity index (χ1) is 9.43. The van der Waals surface area contributed by atoms with E-state index in [2.05, 4.69) is 15.8 Å². The molecule has 7 heteroatoms. The fourth-order valence-electron chi connectivity index (χ4n) is 1.20. The van der Waals surface area contributed by atoms with Crippen molar-refractivity contribution in [3.8, 4) is 0 Å². The number of nitrogens with one attached hydrogen (secondary N) is 2. The standard InChI is InChI=1S/C13H15Cl2N3O2/c1-3-8(2)17-12(19)13(20)18-16-7-9-4-5-10(14)11(15)6-9/h4-8H,3H2,1-2H3,(H,17,19)(H,18,20)/b16-7-/t8-/m0/s1. The molecule has 0 saturated heterocycles. The fraction of sp³-hybridized carbons (Fsp3) is 0.308. The van der Waals surface area contributed by atoms with Crippen LogP contribution in [-0.2, 0) is 9.59 Å². The molecule has 1 aromatic carbocycles. The Bertz CT molecular complexity index is 532. The Kier molecular flexibility index (Phi) is 6.48. The Labute approximate surface area is 127 Å². The van der Waals surface area contributed by atoms with Gasteiger partial charge in [-0.05, 0) is 31.0 Å². The van der Waals surface area contributed by atoms with Gasteiger partial charge in [-0.3, -0.25) is 9.59 Å². The summed E-state index contributed by atoms with van der Waals surface area (Å²) in [7, 11) is 0. The van der Waals surface area contributed by atoms with Crippen LogP contribution < -0.4 is 10.7 Å². The summed E-state index contributed by atoms with van der Waals surface area (Å²) in [5.41, 5.74) is 2.79. The number of halogens is 2. The first-order valence-corrected chi connectivity index (χ1v) is 6.78. The second-order valence-electron chi connectivity index (χ2n) is 4.16. The number of carbonyl (C=O) groups is 2. The summed E-state index contributed by atoms with van der Waals surface area (Å²) >= 11 is 11.6. The summed E-state index contributed by atoms with van der Waals surface area (Å²) in [6.07, 6.45) is 2.11. The number of hydrazone groups is 1. The minimum absolute atomic E-state index is 0.0627. The Balaban J connectivity index is 2.53. The molecule has 108 valence electrons. The van der Waals surface area contributed by atoms with Gasteiger partial charge in [0.25, 0.3) is 0 Å². The van der Waals surface area contributed by atoms with Gasteiger partial charge in [0.2, 0.25) is 0 Å². The van der Waals surface area contributed by atoms with Crippen molar-refractivity contribution in [2.24, 2.45) is 5.10 Å². The molecule has 0 saturated carbocycles. The second kappa shape index (κ2) is 7.87. The summed E-state index contributed by atoms with van der Waals surface area (Å²) in [6.45, 7) is 3.72. The van der Waals surface area contributed by atoms with Crippen LogP contribution >= 0.6 is 23.2 Å². The van der Waals surface area contributed by atoms with Crippen molar-refractivity contribution >= 4 is 41.2 Å². The van der Waals surface area contributed by atoms with Gasteiger partial charge in [-0.2, -0.15) is 5.10 Å². The van der Waals surface area contributed by atoms with Crippen molar-refractivity contribution in [1.29, 1.82) is 0 Å². The van der Waals surface area contributed by atoms with E-state index >= 15 is 0 Å². The number of carbonyl (C=O) groups excluding carboxylic acids is 2. The molecule has 1 rings (SSSR count). The third kappa shape index (κ3) is 5.19. The summed E-state index contributed by atoms with van der Waals surface area (Å²) in [6, 6.07) is 4.83. The van der Waals surface area contributed by atoms with Crippen molar-refractivity contribution in [3.05, 3.63) is 33.8 Å². The molecule has 0 aromatic heterocycles. The van der Waals surface area contributed by atoms with Gasteiger partial charge >= 0.3 is 11.8 Å². The fourth-order valence-corrected chi connectivity index (χ4v) is 1.51. The minimum Gasteiger partial charge on any atom is -0.345 e. The number of hydrogen-bond acceptors (Lipinski definition) is 3.